The Labute approximate surface area is 133 Å². The molecule has 2 aliphatic carbocycles. The Morgan fingerprint density at radius 3 is 2.37 bits per heavy atom. The normalized spacial score (nSPS) is 25.1. The van der Waals surface area contributed by atoms with Gasteiger partial charge in [-0.2, -0.15) is 0 Å². The number of ether oxygens (including phenoxy) is 1. The van der Waals surface area contributed by atoms with Crippen molar-refractivity contribution in [2.45, 2.75) is 50.7 Å². The van der Waals surface area contributed by atoms with Gasteiger partial charge in [0.05, 0.1) is 6.10 Å². The maximum absolute atomic E-state index is 5.98. The summed E-state index contributed by atoms with van der Waals surface area (Å²) in [6.45, 7) is 3.17. The van der Waals surface area contributed by atoms with E-state index < -0.39 is 0 Å². The van der Waals surface area contributed by atoms with E-state index in [-0.39, 0.29) is 24.0 Å². The molecular weight excluding hydrogens is 353 g/mol. The predicted octanol–water partition coefficient (Wildman–Crippen LogP) is 2.23. The van der Waals surface area contributed by atoms with Crippen LogP contribution in [0.3, 0.4) is 0 Å². The number of guanidine groups is 1. The molecule has 1 saturated heterocycles. The van der Waals surface area contributed by atoms with E-state index in [2.05, 4.69) is 15.2 Å². The topological polar surface area (TPSA) is 36.9 Å². The summed E-state index contributed by atoms with van der Waals surface area (Å²) in [5, 5.41) is 3.52. The molecule has 3 rings (SSSR count). The van der Waals surface area contributed by atoms with E-state index in [1.807, 2.05) is 7.05 Å². The van der Waals surface area contributed by atoms with Crippen LogP contribution in [-0.2, 0) is 4.74 Å². The molecule has 1 N–H and O–H groups in total. The molecular formula is C14H26IN3O. The second-order valence-electron chi connectivity index (χ2n) is 5.93. The van der Waals surface area contributed by atoms with Gasteiger partial charge in [0.1, 0.15) is 0 Å². The van der Waals surface area contributed by atoms with Gasteiger partial charge in [0.25, 0.3) is 0 Å². The number of hydrogen-bond donors (Lipinski definition) is 1. The molecule has 0 bridgehead atoms. The zero-order valence-corrected chi connectivity index (χ0v) is 14.1. The van der Waals surface area contributed by atoms with Crippen LogP contribution < -0.4 is 5.32 Å². The number of nitrogens with one attached hydrogen (secondary N) is 1. The van der Waals surface area contributed by atoms with Crippen LogP contribution in [-0.4, -0.2) is 49.7 Å². The molecule has 0 atom stereocenters. The second kappa shape index (κ2) is 7.11. The molecule has 0 aromatic heterocycles. The molecule has 0 amide bonds. The van der Waals surface area contributed by atoms with Crippen LogP contribution in [0.5, 0.6) is 0 Å². The van der Waals surface area contributed by atoms with Gasteiger partial charge in [-0.15, -0.1) is 24.0 Å². The molecule has 0 unspecified atom stereocenters. The summed E-state index contributed by atoms with van der Waals surface area (Å²) >= 11 is 0. The standard InChI is InChI=1S/C14H25N3O.HI/c1-15-14(16-12-4-5-12)17-8-6-13(7-9-17)18-10-11-2-3-11;/h11-13H,2-10H2,1H3,(H,15,16);1H. The van der Waals surface area contributed by atoms with E-state index in [4.69, 9.17) is 4.74 Å². The summed E-state index contributed by atoms with van der Waals surface area (Å²) < 4.78 is 5.98. The molecule has 110 valence electrons. The minimum Gasteiger partial charge on any atom is -0.378 e. The third-order valence-corrected chi connectivity index (χ3v) is 4.13. The lowest BCUT2D eigenvalue weighted by molar-refractivity contribution is 0.0131. The van der Waals surface area contributed by atoms with Gasteiger partial charge in [-0.1, -0.05) is 0 Å². The molecule has 19 heavy (non-hydrogen) atoms. The Bertz CT molecular complexity index is 308. The largest absolute Gasteiger partial charge is 0.378 e. The molecule has 3 fully saturated rings. The Morgan fingerprint density at radius 1 is 1.16 bits per heavy atom. The van der Waals surface area contributed by atoms with Crippen molar-refractivity contribution < 1.29 is 4.74 Å². The molecule has 5 heteroatoms. The first-order valence-corrected chi connectivity index (χ1v) is 7.45. The lowest BCUT2D eigenvalue weighted by atomic mass is 10.1. The first-order chi connectivity index (χ1) is 8.85. The van der Waals surface area contributed by atoms with Gasteiger partial charge >= 0.3 is 0 Å². The first-order valence-electron chi connectivity index (χ1n) is 7.45. The van der Waals surface area contributed by atoms with E-state index in [0.29, 0.717) is 12.1 Å². The highest BCUT2D eigenvalue weighted by molar-refractivity contribution is 14.0. The number of rotatable bonds is 4. The zero-order chi connectivity index (χ0) is 12.4. The predicted molar refractivity (Wildman–Crippen MR) is 88.2 cm³/mol. The third-order valence-electron chi connectivity index (χ3n) is 4.13. The van der Waals surface area contributed by atoms with Crippen molar-refractivity contribution >= 4 is 29.9 Å². The number of aliphatic imine (C=N–C) groups is 1. The Kier molecular flexibility index (Phi) is 5.74. The quantitative estimate of drug-likeness (QED) is 0.463. The lowest BCUT2D eigenvalue weighted by Crippen LogP contribution is -2.47. The number of halogens is 1. The SMILES string of the molecule is CN=C(NC1CC1)N1CCC(OCC2CC2)CC1.I. The van der Waals surface area contributed by atoms with Gasteiger partial charge in [-0.3, -0.25) is 4.99 Å². The highest BCUT2D eigenvalue weighted by Gasteiger charge is 2.28. The minimum absolute atomic E-state index is 0. The molecule has 0 aromatic carbocycles. The van der Waals surface area contributed by atoms with Gasteiger partial charge < -0.3 is 15.0 Å². The molecule has 1 aliphatic heterocycles. The van der Waals surface area contributed by atoms with Crippen molar-refractivity contribution in [2.75, 3.05) is 26.7 Å². The third kappa shape index (κ3) is 4.77. The van der Waals surface area contributed by atoms with Gasteiger partial charge in [0.2, 0.25) is 0 Å². The zero-order valence-electron chi connectivity index (χ0n) is 11.8. The van der Waals surface area contributed by atoms with Crippen molar-refractivity contribution in [3.05, 3.63) is 0 Å². The highest BCUT2D eigenvalue weighted by Crippen LogP contribution is 2.30. The number of piperidine rings is 1. The van der Waals surface area contributed by atoms with Crippen LogP contribution in [0.1, 0.15) is 38.5 Å². The fourth-order valence-electron chi connectivity index (χ4n) is 2.50. The van der Waals surface area contributed by atoms with Crippen molar-refractivity contribution in [3.63, 3.8) is 0 Å². The fraction of sp³-hybridized carbons (Fsp3) is 0.929. The van der Waals surface area contributed by atoms with Gasteiger partial charge in [-0.25, -0.2) is 0 Å². The number of nitrogens with zero attached hydrogens (tertiary/aromatic N) is 2. The highest BCUT2D eigenvalue weighted by atomic mass is 127. The maximum atomic E-state index is 5.98. The minimum atomic E-state index is 0. The average molecular weight is 379 g/mol. The molecule has 0 spiro atoms. The Hall–Kier alpha value is -0.0400. The molecule has 0 aromatic rings. The van der Waals surface area contributed by atoms with Crippen molar-refractivity contribution in [1.29, 1.82) is 0 Å². The summed E-state index contributed by atoms with van der Waals surface area (Å²) in [4.78, 5) is 6.78. The summed E-state index contributed by atoms with van der Waals surface area (Å²) in [7, 11) is 1.89. The van der Waals surface area contributed by atoms with Gasteiger partial charge in [0.15, 0.2) is 5.96 Å². The van der Waals surface area contributed by atoms with E-state index in [1.165, 1.54) is 25.7 Å². The van der Waals surface area contributed by atoms with Crippen LogP contribution >= 0.6 is 24.0 Å². The van der Waals surface area contributed by atoms with E-state index in [9.17, 15) is 0 Å². The number of likely N-dealkylation sites (tertiary alicyclic amines) is 1. The molecule has 2 saturated carbocycles. The Balaban J connectivity index is 0.00000133. The average Bonchev–Trinajstić information content (AvgIpc) is 3.28. The van der Waals surface area contributed by atoms with Crippen LogP contribution in [0, 0.1) is 5.92 Å². The monoisotopic (exact) mass is 379 g/mol. The molecule has 0 radical (unpaired) electrons. The van der Waals surface area contributed by atoms with Crippen LogP contribution in [0.25, 0.3) is 0 Å². The summed E-state index contributed by atoms with van der Waals surface area (Å²) in [6.07, 6.45) is 8.17. The van der Waals surface area contributed by atoms with Gasteiger partial charge in [-0.05, 0) is 44.4 Å². The molecule has 4 nitrogen and oxygen atoms in total. The van der Waals surface area contributed by atoms with Crippen molar-refractivity contribution in [3.8, 4) is 0 Å². The van der Waals surface area contributed by atoms with Crippen LogP contribution in [0.4, 0.5) is 0 Å². The summed E-state index contributed by atoms with van der Waals surface area (Å²) in [6, 6.07) is 0.688. The summed E-state index contributed by atoms with van der Waals surface area (Å²) in [5.41, 5.74) is 0. The van der Waals surface area contributed by atoms with Gasteiger partial charge in [0, 0.05) is 32.8 Å². The molecule has 1 heterocycles. The van der Waals surface area contributed by atoms with E-state index in [1.54, 1.807) is 0 Å². The Morgan fingerprint density at radius 2 is 1.84 bits per heavy atom. The smallest absolute Gasteiger partial charge is 0.193 e. The first kappa shape index (κ1) is 15.4. The van der Waals surface area contributed by atoms with Crippen LogP contribution in [0.2, 0.25) is 0 Å². The summed E-state index contributed by atoms with van der Waals surface area (Å²) in [5.74, 6) is 1.98. The van der Waals surface area contributed by atoms with E-state index in [0.717, 1.165) is 44.4 Å². The lowest BCUT2D eigenvalue weighted by Gasteiger charge is -2.34. The van der Waals surface area contributed by atoms with Crippen LogP contribution in [0.15, 0.2) is 4.99 Å². The van der Waals surface area contributed by atoms with Crippen molar-refractivity contribution in [1.82, 2.24) is 10.2 Å². The second-order valence-corrected chi connectivity index (χ2v) is 5.93. The molecule has 3 aliphatic rings. The number of hydrogen-bond acceptors (Lipinski definition) is 2. The van der Waals surface area contributed by atoms with Crippen molar-refractivity contribution in [2.24, 2.45) is 10.9 Å². The fourth-order valence-corrected chi connectivity index (χ4v) is 2.50. The van der Waals surface area contributed by atoms with E-state index >= 15 is 0 Å². The maximum Gasteiger partial charge on any atom is 0.193 e.